The number of hydrogen-bond donors (Lipinski definition) is 1. The highest BCUT2D eigenvalue weighted by atomic mass is 32.2. The number of amides is 1. The van der Waals surface area contributed by atoms with Crippen LogP contribution in [0.2, 0.25) is 0 Å². The SMILES string of the molecule is Cn1c(O)c(N=NC(=O)CN(c2ccc(F)cc2)S(=O)(=O)c2ccc3c(c2)OCCO3)c2ccccc21. The summed E-state index contributed by atoms with van der Waals surface area (Å²) in [5, 5.41) is 18.6. The highest BCUT2D eigenvalue weighted by Crippen LogP contribution is 2.38. The molecule has 0 aliphatic carbocycles. The fourth-order valence-electron chi connectivity index (χ4n) is 3.95. The molecule has 0 spiro atoms. The summed E-state index contributed by atoms with van der Waals surface area (Å²) in [6, 6.07) is 15.8. The monoisotopic (exact) mass is 524 g/mol. The highest BCUT2D eigenvalue weighted by Gasteiger charge is 2.29. The van der Waals surface area contributed by atoms with E-state index in [1.54, 1.807) is 31.3 Å². The van der Waals surface area contributed by atoms with Crippen molar-refractivity contribution in [3.05, 3.63) is 72.5 Å². The van der Waals surface area contributed by atoms with E-state index in [-0.39, 0.29) is 34.5 Å². The maximum atomic E-state index is 13.6. The Hall–Kier alpha value is -4.45. The average molecular weight is 525 g/mol. The maximum absolute atomic E-state index is 13.6. The highest BCUT2D eigenvalue weighted by molar-refractivity contribution is 7.92. The number of aromatic nitrogens is 1. The number of aryl methyl sites for hydroxylation is 1. The fourth-order valence-corrected chi connectivity index (χ4v) is 5.38. The lowest BCUT2D eigenvalue weighted by Crippen LogP contribution is -2.35. The minimum absolute atomic E-state index is 0.0489. The van der Waals surface area contributed by atoms with Crippen molar-refractivity contribution >= 4 is 38.2 Å². The molecule has 2 heterocycles. The first-order chi connectivity index (χ1) is 17.8. The summed E-state index contributed by atoms with van der Waals surface area (Å²) in [5.41, 5.74) is 0.804. The molecule has 1 N–H and O–H groups in total. The van der Waals surface area contributed by atoms with Gasteiger partial charge in [0.15, 0.2) is 17.2 Å². The second-order valence-electron chi connectivity index (χ2n) is 8.14. The van der Waals surface area contributed by atoms with Crippen LogP contribution in [0.15, 0.2) is 81.9 Å². The third-order valence-corrected chi connectivity index (χ3v) is 7.58. The minimum atomic E-state index is -4.32. The molecule has 190 valence electrons. The van der Waals surface area contributed by atoms with E-state index in [9.17, 15) is 22.7 Å². The van der Waals surface area contributed by atoms with Crippen LogP contribution >= 0.6 is 0 Å². The molecule has 0 atom stereocenters. The molecule has 4 aromatic rings. The Balaban J connectivity index is 1.49. The molecule has 1 amide bonds. The van der Waals surface area contributed by atoms with Gasteiger partial charge in [-0.25, -0.2) is 12.8 Å². The molecule has 37 heavy (non-hydrogen) atoms. The van der Waals surface area contributed by atoms with Gasteiger partial charge in [-0.2, -0.15) is 0 Å². The quantitative estimate of drug-likeness (QED) is 0.375. The molecule has 1 aliphatic rings. The number of carbonyl (C=O) groups is 1. The lowest BCUT2D eigenvalue weighted by Gasteiger charge is -2.24. The number of sulfonamides is 1. The van der Waals surface area contributed by atoms with Gasteiger partial charge in [-0.1, -0.05) is 18.2 Å². The number of fused-ring (bicyclic) bond motifs is 2. The van der Waals surface area contributed by atoms with Crippen molar-refractivity contribution in [2.75, 3.05) is 24.1 Å². The van der Waals surface area contributed by atoms with E-state index in [1.165, 1.54) is 34.9 Å². The lowest BCUT2D eigenvalue weighted by molar-refractivity contribution is -0.116. The Kier molecular flexibility index (Phi) is 6.25. The van der Waals surface area contributed by atoms with Gasteiger partial charge in [0.05, 0.1) is 16.1 Å². The van der Waals surface area contributed by atoms with Crippen LogP contribution < -0.4 is 13.8 Å². The van der Waals surface area contributed by atoms with Gasteiger partial charge in [0.2, 0.25) is 5.88 Å². The third-order valence-electron chi connectivity index (χ3n) is 5.81. The van der Waals surface area contributed by atoms with Gasteiger partial charge in [-0.15, -0.1) is 10.2 Å². The van der Waals surface area contributed by atoms with Crippen LogP contribution in [0.4, 0.5) is 15.8 Å². The summed E-state index contributed by atoms with van der Waals surface area (Å²) in [5.74, 6) is -1.02. The number of azo groups is 1. The summed E-state index contributed by atoms with van der Waals surface area (Å²) in [4.78, 5) is 12.7. The smallest absolute Gasteiger partial charge is 0.285 e. The van der Waals surface area contributed by atoms with Crippen LogP contribution in [0.3, 0.4) is 0 Å². The molecule has 0 fully saturated rings. The van der Waals surface area contributed by atoms with Gasteiger partial charge in [-0.05, 0) is 42.5 Å². The third kappa shape index (κ3) is 4.58. The average Bonchev–Trinajstić information content (AvgIpc) is 3.15. The molecule has 0 saturated heterocycles. The van der Waals surface area contributed by atoms with Gasteiger partial charge in [-0.3, -0.25) is 9.10 Å². The second-order valence-corrected chi connectivity index (χ2v) is 10.00. The predicted octanol–water partition coefficient (Wildman–Crippen LogP) is 4.30. The van der Waals surface area contributed by atoms with E-state index in [4.69, 9.17) is 9.47 Å². The lowest BCUT2D eigenvalue weighted by atomic mass is 10.2. The summed E-state index contributed by atoms with van der Waals surface area (Å²) in [7, 11) is -2.68. The zero-order valence-corrected chi connectivity index (χ0v) is 20.4. The first kappa shape index (κ1) is 24.3. The fraction of sp³-hybridized carbons (Fsp3) is 0.160. The molecular formula is C25H21FN4O6S. The van der Waals surface area contributed by atoms with Gasteiger partial charge in [0.25, 0.3) is 15.9 Å². The van der Waals surface area contributed by atoms with E-state index in [0.29, 0.717) is 23.3 Å². The molecule has 1 aliphatic heterocycles. The summed E-state index contributed by atoms with van der Waals surface area (Å²) < 4.78 is 54.0. The van der Waals surface area contributed by atoms with Gasteiger partial charge in [0, 0.05) is 18.5 Å². The molecule has 5 rings (SSSR count). The number of rotatable bonds is 6. The number of hydrogen-bond acceptors (Lipinski definition) is 7. The van der Waals surface area contributed by atoms with Crippen LogP contribution in [-0.4, -0.2) is 43.8 Å². The number of anilines is 1. The van der Waals surface area contributed by atoms with Crippen LogP contribution in [0.1, 0.15) is 0 Å². The van der Waals surface area contributed by atoms with E-state index in [1.807, 2.05) is 0 Å². The molecular weight excluding hydrogens is 503 g/mol. The molecule has 3 aromatic carbocycles. The minimum Gasteiger partial charge on any atom is -0.493 e. The Morgan fingerprint density at radius 1 is 1.05 bits per heavy atom. The number of aromatic hydroxyl groups is 1. The predicted molar refractivity (Wildman–Crippen MR) is 132 cm³/mol. The van der Waals surface area contributed by atoms with Crippen LogP contribution in [0, 0.1) is 5.82 Å². The van der Waals surface area contributed by atoms with E-state index in [2.05, 4.69) is 10.2 Å². The van der Waals surface area contributed by atoms with Crippen molar-refractivity contribution in [1.82, 2.24) is 4.57 Å². The summed E-state index contributed by atoms with van der Waals surface area (Å²) in [6.45, 7) is -0.123. The van der Waals surface area contributed by atoms with E-state index >= 15 is 0 Å². The van der Waals surface area contributed by atoms with Crippen molar-refractivity contribution in [1.29, 1.82) is 0 Å². The standard InChI is InChI=1S/C25H21FN4O6S/c1-29-20-5-3-2-4-19(20)24(25(29)32)28-27-23(31)15-30(17-8-6-16(26)7-9-17)37(33,34)18-10-11-21-22(14-18)36-13-12-35-21/h2-11,14,32H,12-13,15H2,1H3. The molecule has 0 saturated carbocycles. The molecule has 0 bridgehead atoms. The van der Waals surface area contributed by atoms with E-state index < -0.39 is 28.3 Å². The maximum Gasteiger partial charge on any atom is 0.285 e. The van der Waals surface area contributed by atoms with Crippen molar-refractivity contribution in [3.63, 3.8) is 0 Å². The topological polar surface area (TPSA) is 123 Å². The molecule has 0 radical (unpaired) electrons. The number of carbonyl (C=O) groups excluding carboxylic acids is 1. The Bertz CT molecular complexity index is 1630. The largest absolute Gasteiger partial charge is 0.493 e. The van der Waals surface area contributed by atoms with Gasteiger partial charge < -0.3 is 19.1 Å². The van der Waals surface area contributed by atoms with Crippen LogP contribution in [0.25, 0.3) is 10.9 Å². The Morgan fingerprint density at radius 3 is 2.51 bits per heavy atom. The molecule has 1 aromatic heterocycles. The number of benzene rings is 3. The Morgan fingerprint density at radius 2 is 1.76 bits per heavy atom. The zero-order valence-electron chi connectivity index (χ0n) is 19.5. The molecule has 12 heteroatoms. The first-order valence-corrected chi connectivity index (χ1v) is 12.6. The number of ether oxygens (including phenoxy) is 2. The van der Waals surface area contributed by atoms with Crippen LogP contribution in [-0.2, 0) is 21.9 Å². The zero-order chi connectivity index (χ0) is 26.2. The number of halogens is 1. The van der Waals surface area contributed by atoms with Crippen molar-refractivity contribution < 1.29 is 32.2 Å². The summed E-state index contributed by atoms with van der Waals surface area (Å²) >= 11 is 0. The van der Waals surface area contributed by atoms with Crippen molar-refractivity contribution in [2.45, 2.75) is 4.90 Å². The number of nitrogens with zero attached hydrogens (tertiary/aromatic N) is 4. The Labute approximate surface area is 211 Å². The van der Waals surface area contributed by atoms with Crippen LogP contribution in [0.5, 0.6) is 17.4 Å². The normalized spacial score (nSPS) is 13.2. The van der Waals surface area contributed by atoms with Gasteiger partial charge >= 0.3 is 0 Å². The van der Waals surface area contributed by atoms with E-state index in [0.717, 1.165) is 16.4 Å². The van der Waals surface area contributed by atoms with Crippen molar-refractivity contribution in [2.24, 2.45) is 17.3 Å². The van der Waals surface area contributed by atoms with Gasteiger partial charge in [0.1, 0.15) is 25.6 Å². The van der Waals surface area contributed by atoms with Crippen molar-refractivity contribution in [3.8, 4) is 17.4 Å². The molecule has 10 nitrogen and oxygen atoms in total. The second kappa shape index (κ2) is 9.54. The number of para-hydroxylation sites is 1. The first-order valence-electron chi connectivity index (χ1n) is 11.1. The summed E-state index contributed by atoms with van der Waals surface area (Å²) in [6.07, 6.45) is 0. The molecule has 0 unspecified atom stereocenters.